The Hall–Kier alpha value is -0.610. The molecule has 0 radical (unpaired) electrons. The van der Waals surface area contributed by atoms with Crippen molar-refractivity contribution in [2.45, 2.75) is 45.6 Å². The summed E-state index contributed by atoms with van der Waals surface area (Å²) in [6.45, 7) is 7.62. The van der Waals surface area contributed by atoms with Crippen LogP contribution in [0, 0.1) is 0 Å². The van der Waals surface area contributed by atoms with Gasteiger partial charge in [0.05, 0.1) is 19.3 Å². The first-order chi connectivity index (χ1) is 8.26. The molecular weight excluding hydrogens is 218 g/mol. The number of ether oxygens (including phenoxy) is 2. The smallest absolute Gasteiger partial charge is 0.320 e. The van der Waals surface area contributed by atoms with E-state index in [9.17, 15) is 4.79 Å². The Bertz CT molecular complexity index is 215. The zero-order chi connectivity index (χ0) is 12.5. The molecule has 1 aliphatic rings. The maximum Gasteiger partial charge on any atom is 0.320 e. The highest BCUT2D eigenvalue weighted by Gasteiger charge is 2.17. The first-order valence-corrected chi connectivity index (χ1v) is 6.75. The first kappa shape index (κ1) is 14.5. The van der Waals surface area contributed by atoms with E-state index in [0.717, 1.165) is 32.5 Å². The van der Waals surface area contributed by atoms with E-state index >= 15 is 0 Å². The highest BCUT2D eigenvalue weighted by Crippen LogP contribution is 2.15. The molecule has 0 aromatic rings. The summed E-state index contributed by atoms with van der Waals surface area (Å²) < 4.78 is 10.6. The summed E-state index contributed by atoms with van der Waals surface area (Å²) in [5.41, 5.74) is 0. The fraction of sp³-hybridized carbons (Fsp3) is 0.923. The molecule has 1 aliphatic heterocycles. The Morgan fingerprint density at radius 1 is 1.41 bits per heavy atom. The van der Waals surface area contributed by atoms with E-state index in [1.165, 1.54) is 12.8 Å². The molecule has 17 heavy (non-hydrogen) atoms. The van der Waals surface area contributed by atoms with Gasteiger partial charge in [-0.1, -0.05) is 6.92 Å². The maximum absolute atomic E-state index is 11.4. The molecule has 0 bridgehead atoms. The van der Waals surface area contributed by atoms with Crippen molar-refractivity contribution in [2.75, 3.05) is 32.8 Å². The maximum atomic E-state index is 11.4. The third kappa shape index (κ3) is 6.03. The van der Waals surface area contributed by atoms with Crippen LogP contribution in [0.4, 0.5) is 0 Å². The summed E-state index contributed by atoms with van der Waals surface area (Å²) in [4.78, 5) is 13.6. The average molecular weight is 243 g/mol. The van der Waals surface area contributed by atoms with Gasteiger partial charge in [-0.15, -0.1) is 0 Å². The van der Waals surface area contributed by atoms with Crippen molar-refractivity contribution >= 4 is 5.97 Å². The van der Waals surface area contributed by atoms with E-state index in [2.05, 4.69) is 11.8 Å². The normalized spacial score (nSPS) is 19.8. The van der Waals surface area contributed by atoms with Gasteiger partial charge in [-0.3, -0.25) is 9.69 Å². The van der Waals surface area contributed by atoms with E-state index in [4.69, 9.17) is 9.47 Å². The number of carbonyl (C=O) groups is 1. The highest BCUT2D eigenvalue weighted by molar-refractivity contribution is 5.71. The van der Waals surface area contributed by atoms with Crippen LogP contribution in [0.25, 0.3) is 0 Å². The van der Waals surface area contributed by atoms with Crippen LogP contribution in [-0.4, -0.2) is 49.8 Å². The number of esters is 1. The second-order valence-electron chi connectivity index (χ2n) is 4.50. The van der Waals surface area contributed by atoms with Gasteiger partial charge in [-0.25, -0.2) is 0 Å². The molecule has 0 aromatic carbocycles. The van der Waals surface area contributed by atoms with Crippen molar-refractivity contribution in [1.82, 2.24) is 4.90 Å². The standard InChI is InChI=1S/C13H25NO3/c1-3-8-14(11-13(15)16-4-2)9-7-12-6-5-10-17-12/h12H,3-11H2,1-2H3. The average Bonchev–Trinajstić information content (AvgIpc) is 2.79. The monoisotopic (exact) mass is 243 g/mol. The van der Waals surface area contributed by atoms with Gasteiger partial charge in [0.2, 0.25) is 0 Å². The largest absolute Gasteiger partial charge is 0.465 e. The Morgan fingerprint density at radius 3 is 2.82 bits per heavy atom. The van der Waals surface area contributed by atoms with Crippen molar-refractivity contribution in [3.63, 3.8) is 0 Å². The first-order valence-electron chi connectivity index (χ1n) is 6.75. The van der Waals surface area contributed by atoms with E-state index in [1.54, 1.807) is 0 Å². The topological polar surface area (TPSA) is 38.8 Å². The van der Waals surface area contributed by atoms with Crippen LogP contribution in [0.1, 0.15) is 39.5 Å². The van der Waals surface area contributed by atoms with Gasteiger partial charge in [0.1, 0.15) is 0 Å². The zero-order valence-electron chi connectivity index (χ0n) is 11.1. The predicted octanol–water partition coefficient (Wildman–Crippen LogP) is 1.83. The lowest BCUT2D eigenvalue weighted by Gasteiger charge is -2.22. The van der Waals surface area contributed by atoms with Gasteiger partial charge in [0.15, 0.2) is 0 Å². The van der Waals surface area contributed by atoms with Crippen LogP contribution in [0.2, 0.25) is 0 Å². The number of rotatable bonds is 8. The second-order valence-corrected chi connectivity index (χ2v) is 4.50. The number of carbonyl (C=O) groups excluding carboxylic acids is 1. The molecule has 1 saturated heterocycles. The summed E-state index contributed by atoms with van der Waals surface area (Å²) >= 11 is 0. The summed E-state index contributed by atoms with van der Waals surface area (Å²) in [5, 5.41) is 0. The van der Waals surface area contributed by atoms with Gasteiger partial charge in [0, 0.05) is 13.2 Å². The van der Waals surface area contributed by atoms with Crippen molar-refractivity contribution in [2.24, 2.45) is 0 Å². The molecule has 100 valence electrons. The Balaban J connectivity index is 2.23. The quantitative estimate of drug-likeness (QED) is 0.610. The van der Waals surface area contributed by atoms with Crippen molar-refractivity contribution in [3.05, 3.63) is 0 Å². The Morgan fingerprint density at radius 2 is 2.24 bits per heavy atom. The van der Waals surface area contributed by atoms with E-state index in [-0.39, 0.29) is 5.97 Å². The third-order valence-electron chi connectivity index (χ3n) is 2.99. The highest BCUT2D eigenvalue weighted by atomic mass is 16.5. The molecule has 0 saturated carbocycles. The molecule has 0 amide bonds. The lowest BCUT2D eigenvalue weighted by molar-refractivity contribution is -0.144. The summed E-state index contributed by atoms with van der Waals surface area (Å²) in [6, 6.07) is 0. The van der Waals surface area contributed by atoms with Crippen LogP contribution in [0.3, 0.4) is 0 Å². The lowest BCUT2D eigenvalue weighted by atomic mass is 10.2. The molecule has 4 heteroatoms. The van der Waals surface area contributed by atoms with Gasteiger partial charge in [-0.2, -0.15) is 0 Å². The van der Waals surface area contributed by atoms with E-state index in [0.29, 0.717) is 19.3 Å². The molecule has 1 unspecified atom stereocenters. The van der Waals surface area contributed by atoms with Crippen molar-refractivity contribution in [3.8, 4) is 0 Å². The Kier molecular flexibility index (Phi) is 7.21. The van der Waals surface area contributed by atoms with Crippen LogP contribution < -0.4 is 0 Å². The summed E-state index contributed by atoms with van der Waals surface area (Å²) in [6.07, 6.45) is 4.83. The molecule has 1 rings (SSSR count). The lowest BCUT2D eigenvalue weighted by Crippen LogP contribution is -2.34. The molecular formula is C13H25NO3. The van der Waals surface area contributed by atoms with Crippen LogP contribution in [0.15, 0.2) is 0 Å². The number of hydrogen-bond acceptors (Lipinski definition) is 4. The number of nitrogens with zero attached hydrogens (tertiary/aromatic N) is 1. The summed E-state index contributed by atoms with van der Waals surface area (Å²) in [7, 11) is 0. The van der Waals surface area contributed by atoms with Crippen LogP contribution in [0.5, 0.6) is 0 Å². The minimum atomic E-state index is -0.117. The van der Waals surface area contributed by atoms with Gasteiger partial charge < -0.3 is 9.47 Å². The van der Waals surface area contributed by atoms with Crippen molar-refractivity contribution < 1.29 is 14.3 Å². The fourth-order valence-corrected chi connectivity index (χ4v) is 2.17. The van der Waals surface area contributed by atoms with Crippen molar-refractivity contribution in [1.29, 1.82) is 0 Å². The second kappa shape index (κ2) is 8.48. The van der Waals surface area contributed by atoms with E-state index < -0.39 is 0 Å². The molecule has 1 heterocycles. The summed E-state index contributed by atoms with van der Waals surface area (Å²) in [5.74, 6) is -0.117. The number of hydrogen-bond donors (Lipinski definition) is 0. The zero-order valence-corrected chi connectivity index (χ0v) is 11.1. The van der Waals surface area contributed by atoms with Gasteiger partial charge >= 0.3 is 5.97 Å². The predicted molar refractivity (Wildman–Crippen MR) is 67.0 cm³/mol. The van der Waals surface area contributed by atoms with Crippen LogP contribution in [-0.2, 0) is 14.3 Å². The third-order valence-corrected chi connectivity index (χ3v) is 2.99. The SMILES string of the molecule is CCCN(CCC1CCCO1)CC(=O)OCC. The minimum absolute atomic E-state index is 0.117. The molecule has 0 N–H and O–H groups in total. The molecule has 0 aromatic heterocycles. The minimum Gasteiger partial charge on any atom is -0.465 e. The molecule has 1 fully saturated rings. The molecule has 0 aliphatic carbocycles. The van der Waals surface area contributed by atoms with E-state index in [1.807, 2.05) is 6.92 Å². The molecule has 1 atom stereocenters. The molecule has 0 spiro atoms. The Labute approximate surface area is 104 Å². The van der Waals surface area contributed by atoms with Crippen LogP contribution >= 0.6 is 0 Å². The fourth-order valence-electron chi connectivity index (χ4n) is 2.17. The molecule has 4 nitrogen and oxygen atoms in total. The van der Waals surface area contributed by atoms with Gasteiger partial charge in [0.25, 0.3) is 0 Å². The van der Waals surface area contributed by atoms with Gasteiger partial charge in [-0.05, 0) is 39.2 Å².